The van der Waals surface area contributed by atoms with Crippen LogP contribution in [0.15, 0.2) is 44.0 Å². The van der Waals surface area contributed by atoms with Gasteiger partial charge >= 0.3 is 39.6 Å². The first-order chi connectivity index (χ1) is 50.5. The average Bonchev–Trinajstić information content (AvgIpc) is 0.789. The van der Waals surface area contributed by atoms with Gasteiger partial charge in [0.25, 0.3) is 0 Å². The van der Waals surface area contributed by atoms with Gasteiger partial charge in [0, 0.05) is 132 Å². The fourth-order valence-corrected chi connectivity index (χ4v) is 9.98. The van der Waals surface area contributed by atoms with Crippen molar-refractivity contribution < 1.29 is 108 Å². The molecular weight excluding hydrogens is 1940 g/mol. The number of ketones is 3. The maximum Gasteiger partial charge on any atom is 4.00 e. The van der Waals surface area contributed by atoms with Crippen molar-refractivity contribution in [3.05, 3.63) is 215 Å². The molecule has 0 aliphatic heterocycles. The Bertz CT molecular complexity index is 3880. The number of pyridine rings is 4. The van der Waals surface area contributed by atoms with Gasteiger partial charge in [-0.05, 0) is 267 Å². The van der Waals surface area contributed by atoms with Gasteiger partial charge in [0.05, 0.1) is 40.1 Å². The number of aliphatic hydroxyl groups is 3. The van der Waals surface area contributed by atoms with Gasteiger partial charge in [-0.1, -0.05) is 69.2 Å². The van der Waals surface area contributed by atoms with E-state index in [0.29, 0.717) is 16.7 Å². The topological polar surface area (TPSA) is 264 Å². The van der Waals surface area contributed by atoms with Crippen LogP contribution < -0.4 is 0 Å². The van der Waals surface area contributed by atoms with Crippen LogP contribution in [0.4, 0.5) is 0 Å². The van der Waals surface area contributed by atoms with Gasteiger partial charge in [-0.3, -0.25) is 34.3 Å². The summed E-state index contributed by atoms with van der Waals surface area (Å²) in [5.41, 5.74) is 39.7. The summed E-state index contributed by atoms with van der Waals surface area (Å²) in [6, 6.07) is 7.38. The van der Waals surface area contributed by atoms with Crippen molar-refractivity contribution in [2.24, 2.45) is 9.98 Å². The normalized spacial score (nSPS) is 11.5. The second-order valence-electron chi connectivity index (χ2n) is 29.0. The quantitative estimate of drug-likeness (QED) is 0.0359. The molecule has 6 rings (SSSR count). The molecule has 16 nitrogen and oxygen atoms in total. The molecule has 0 aliphatic rings. The maximum absolute atomic E-state index is 10.4. The second-order valence-corrected chi connectivity index (χ2v) is 35.0. The van der Waals surface area contributed by atoms with E-state index < -0.39 is 0 Å². The van der Waals surface area contributed by atoms with E-state index in [1.54, 1.807) is 20.8 Å². The largest absolute Gasteiger partial charge is 4.00 e. The number of hydrogen-bond donors (Lipinski definition) is 3. The number of carbonyl (C=O) groups excluding carboxylic acids is 3. The Morgan fingerprint density at radius 2 is 0.513 bits per heavy atom. The molecule has 0 aliphatic carbocycles. The van der Waals surface area contributed by atoms with Crippen LogP contribution in [0.2, 0.25) is 0 Å². The summed E-state index contributed by atoms with van der Waals surface area (Å²) < 4.78 is 0. The molecular formula is C92H142N10O6Os2P2Tb+2. The summed E-state index contributed by atoms with van der Waals surface area (Å²) in [5.74, 6) is 0.0903. The Morgan fingerprint density at radius 1 is 0.354 bits per heavy atom. The minimum Gasteiger partial charge on any atom is -0.660 e. The molecule has 0 fully saturated rings. The Balaban J connectivity index is -0.000000189. The monoisotopic (exact) mass is 2090 g/mol. The minimum absolute atomic E-state index is 0. The van der Waals surface area contributed by atoms with Crippen LogP contribution in [0.5, 0.6) is 0 Å². The Hall–Kier alpha value is -5.67. The fraction of sp³-hybridized carbons (Fsp3) is 0.511. The van der Waals surface area contributed by atoms with Gasteiger partial charge in [0.15, 0.2) is 17.3 Å². The van der Waals surface area contributed by atoms with Crippen LogP contribution in [0.3, 0.4) is 0 Å². The molecule has 2 atom stereocenters. The van der Waals surface area contributed by atoms with E-state index in [9.17, 15) is 14.4 Å². The zero-order valence-corrected chi connectivity index (χ0v) is 87.0. The Morgan fingerprint density at radius 3 is 0.637 bits per heavy atom. The van der Waals surface area contributed by atoms with Crippen molar-refractivity contribution in [2.75, 3.05) is 68.2 Å². The van der Waals surface area contributed by atoms with Gasteiger partial charge in [-0.25, -0.2) is 0 Å². The number of aliphatic hydroxyl groups excluding tert-OH is 3. The predicted octanol–water partition coefficient (Wildman–Crippen LogP) is 23.7. The standard InChI is InChI=1S/2C18H24N2.2C15H22N2.3C6H10O2.2C3H9P.2CN.2Os.Tb/c2*1-9-11(3)15(7)19-17(13(9)5)18-14(6)10(2)12(4)16(8)20-18;2*1-9-10(2)14(12(4)16-6)8-15(11(9)3)13(5)17-7;3*1-4(5(2)7)6(3)8;2*1-4(2)3;2*1-2;;;/h2*1-8H3;2*12H,1-7H3;3*7H,1-3H3;2*1-3H3;;;;;/q;;2*-2;;;;;;2*-1;+2;+4;/p+2. The number of aromatic nitrogens is 4. The molecule has 4 aromatic heterocycles. The zero-order chi connectivity index (χ0) is 88.1. The molecule has 6 aromatic rings. The van der Waals surface area contributed by atoms with Gasteiger partial charge < -0.3 is 59.6 Å². The molecule has 0 spiro atoms. The molecule has 4 heterocycles. The molecule has 629 valence electrons. The van der Waals surface area contributed by atoms with Crippen molar-refractivity contribution in [3.8, 4) is 22.8 Å². The number of hydrogen-bond acceptors (Lipinski definition) is 14. The van der Waals surface area contributed by atoms with Crippen LogP contribution in [0, 0.1) is 227 Å². The third kappa shape index (κ3) is 39.9. The predicted molar refractivity (Wildman–Crippen MR) is 479 cm³/mol. The van der Waals surface area contributed by atoms with Crippen LogP contribution in [-0.4, -0.2) is 132 Å². The van der Waals surface area contributed by atoms with E-state index in [0.717, 1.165) is 68.1 Å². The molecule has 2 unspecified atom stereocenters. The van der Waals surface area contributed by atoms with Crippen molar-refractivity contribution in [1.29, 1.82) is 10.5 Å². The molecule has 0 saturated carbocycles. The maximum atomic E-state index is 10.4. The number of nitrogens with zero attached hydrogens (tertiary/aromatic N) is 10. The summed E-state index contributed by atoms with van der Waals surface area (Å²) in [5, 5.41) is 47.1. The Labute approximate surface area is 746 Å². The zero-order valence-electron chi connectivity index (χ0n) is 77.7. The first-order valence-corrected chi connectivity index (χ1v) is 43.0. The first-order valence-electron chi connectivity index (χ1n) is 37.0. The van der Waals surface area contributed by atoms with Crippen LogP contribution in [0.1, 0.15) is 247 Å². The molecule has 1 radical (unpaired) electrons. The molecule has 2 aromatic carbocycles. The van der Waals surface area contributed by atoms with Gasteiger partial charge in [-0.15, -0.1) is 79.9 Å². The van der Waals surface area contributed by atoms with E-state index in [1.807, 2.05) is 42.0 Å². The first kappa shape index (κ1) is 123. The number of allylic oxidation sites excluding steroid dienone is 6. The molecule has 21 heteroatoms. The van der Waals surface area contributed by atoms with Gasteiger partial charge in [0.1, 0.15) is 0 Å². The smallest absolute Gasteiger partial charge is 0.660 e. The third-order valence-corrected chi connectivity index (χ3v) is 20.2. The fourth-order valence-electron chi connectivity index (χ4n) is 9.98. The van der Waals surface area contributed by atoms with E-state index in [1.165, 1.54) is 153 Å². The SMILES string of the molecule is CC(=O)C(C)=C(C)O.CC(=O)C(C)=C(C)O.CC(=O)C(C)=C(C)O.CN=C(C)c1[c-]c(C(C)[N-]C)c(C)c(C)c1C.CN=C(C)c1[c-]c(C(C)[N-]C)c(C)c(C)c1C.C[PH+](C)C.C[PH+](C)C.Cc1nc(-c2nc(C)c(C)c(C)c2C)c(C)c(C)c1C.Cc1nc(-c2nc(C)c(C)c(C)c2C)c(C)c(C)c1C.[C-]#N.[C-]#N.[Os+2].[Os+4].[Tb]. The molecule has 0 bridgehead atoms. The van der Waals surface area contributed by atoms with Gasteiger partial charge in [-0.2, -0.15) is 14.1 Å². The van der Waals surface area contributed by atoms with Crippen molar-refractivity contribution in [3.63, 3.8) is 0 Å². The third-order valence-electron chi connectivity index (χ3n) is 20.2. The molecule has 0 saturated heterocycles. The summed E-state index contributed by atoms with van der Waals surface area (Å²) in [6.45, 7) is 92.0. The van der Waals surface area contributed by atoms with E-state index >= 15 is 0 Å². The summed E-state index contributed by atoms with van der Waals surface area (Å²) in [6.07, 6.45) is 0. The average molecular weight is 2090 g/mol. The Kier molecular flexibility index (Phi) is 66.1. The van der Waals surface area contributed by atoms with Crippen LogP contribution in [0.25, 0.3) is 33.4 Å². The van der Waals surface area contributed by atoms with E-state index in [-0.39, 0.29) is 141 Å². The van der Waals surface area contributed by atoms with E-state index in [2.05, 4.69) is 239 Å². The van der Waals surface area contributed by atoms with Crippen LogP contribution >= 0.6 is 15.8 Å². The van der Waals surface area contributed by atoms with Crippen molar-refractivity contribution >= 4 is 44.6 Å². The minimum atomic E-state index is -0.0787. The summed E-state index contributed by atoms with van der Waals surface area (Å²) in [7, 11) is 7.60. The van der Waals surface area contributed by atoms with Crippen molar-refractivity contribution in [2.45, 2.75) is 254 Å². The van der Waals surface area contributed by atoms with Crippen LogP contribution in [-0.2, 0) is 54.0 Å². The summed E-state index contributed by atoms with van der Waals surface area (Å²) in [4.78, 5) is 58.9. The number of carbonyl (C=O) groups is 3. The number of aryl methyl sites for hydroxylation is 4. The molecule has 113 heavy (non-hydrogen) atoms. The number of benzene rings is 2. The number of aliphatic imine (C=N–C) groups is 2. The second kappa shape index (κ2) is 60.8. The molecule has 3 N–H and O–H groups in total. The van der Waals surface area contributed by atoms with Gasteiger partial charge in [0.2, 0.25) is 0 Å². The summed E-state index contributed by atoms with van der Waals surface area (Å²) >= 11 is 0. The number of rotatable bonds is 11. The molecule has 0 amide bonds. The van der Waals surface area contributed by atoms with Crippen molar-refractivity contribution in [1.82, 2.24) is 19.9 Å². The van der Waals surface area contributed by atoms with E-state index in [4.69, 9.17) is 58.9 Å². The number of Topliss-reactive ketones (excluding diaryl/α,β-unsaturated/α-hetero) is 3.